The molecule has 1 aliphatic rings. The quantitative estimate of drug-likeness (QED) is 0.275. The van der Waals surface area contributed by atoms with Crippen LogP contribution in [0, 0.1) is 0 Å². The van der Waals surface area contributed by atoms with Gasteiger partial charge in [0.1, 0.15) is 17.2 Å². The molecule has 0 unspecified atom stereocenters. The van der Waals surface area contributed by atoms with Crippen molar-refractivity contribution in [3.05, 3.63) is 63.8 Å². The van der Waals surface area contributed by atoms with Gasteiger partial charge in [0.15, 0.2) is 5.65 Å². The predicted octanol–water partition coefficient (Wildman–Crippen LogP) is 5.38. The highest BCUT2D eigenvalue weighted by molar-refractivity contribution is 6.41. The standard InChI is InChI=1S/C28H30Cl2N6O3/c1-15-12-36(13-16(2)31-15)14-17-6-5-7-18(10-17)32-28(37)26-19-8-9-20(33-27(19)35-34-26)23-24(29)21(38-3)11-22(39-4)25(23)30/h5-11,15-16,31H,12-14H2,1-4H3,(H,32,37)(H,33,34,35)/t15-,16+. The van der Waals surface area contributed by atoms with Gasteiger partial charge in [-0.3, -0.25) is 14.8 Å². The highest BCUT2D eigenvalue weighted by Crippen LogP contribution is 2.45. The number of nitrogens with zero attached hydrogens (tertiary/aromatic N) is 3. The fourth-order valence-corrected chi connectivity index (χ4v) is 5.78. The van der Waals surface area contributed by atoms with Crippen molar-refractivity contribution in [3.63, 3.8) is 0 Å². The summed E-state index contributed by atoms with van der Waals surface area (Å²) >= 11 is 13.1. The largest absolute Gasteiger partial charge is 0.495 e. The lowest BCUT2D eigenvalue weighted by molar-refractivity contribution is 0.102. The second-order valence-electron chi connectivity index (χ2n) is 9.77. The Morgan fingerprint density at radius 1 is 1.05 bits per heavy atom. The molecule has 39 heavy (non-hydrogen) atoms. The predicted molar refractivity (Wildman–Crippen MR) is 154 cm³/mol. The van der Waals surface area contributed by atoms with Crippen molar-refractivity contribution in [2.24, 2.45) is 0 Å². The number of piperazine rings is 1. The van der Waals surface area contributed by atoms with E-state index < -0.39 is 0 Å². The lowest BCUT2D eigenvalue weighted by atomic mass is 10.1. The van der Waals surface area contributed by atoms with E-state index in [9.17, 15) is 4.79 Å². The fraction of sp³-hybridized carbons (Fsp3) is 0.321. The minimum absolute atomic E-state index is 0.299. The van der Waals surface area contributed by atoms with Gasteiger partial charge in [0.2, 0.25) is 0 Å². The number of rotatable bonds is 7. The minimum Gasteiger partial charge on any atom is -0.495 e. The number of pyridine rings is 1. The molecule has 0 saturated carbocycles. The average Bonchev–Trinajstić information content (AvgIpc) is 3.32. The molecule has 0 radical (unpaired) electrons. The average molecular weight is 569 g/mol. The Balaban J connectivity index is 1.37. The van der Waals surface area contributed by atoms with Crippen molar-refractivity contribution < 1.29 is 14.3 Å². The van der Waals surface area contributed by atoms with Crippen LogP contribution in [0.2, 0.25) is 10.0 Å². The molecular weight excluding hydrogens is 539 g/mol. The van der Waals surface area contributed by atoms with Crippen LogP contribution >= 0.6 is 23.2 Å². The smallest absolute Gasteiger partial charge is 0.274 e. The summed E-state index contributed by atoms with van der Waals surface area (Å²) in [6.07, 6.45) is 0. The fourth-order valence-electron chi connectivity index (χ4n) is 5.09. The molecule has 3 N–H and O–H groups in total. The zero-order valence-corrected chi connectivity index (χ0v) is 23.7. The molecule has 9 nitrogen and oxygen atoms in total. The van der Waals surface area contributed by atoms with E-state index in [1.54, 1.807) is 18.2 Å². The van der Waals surface area contributed by atoms with E-state index in [1.807, 2.05) is 18.2 Å². The number of nitrogens with one attached hydrogen (secondary N) is 3. The summed E-state index contributed by atoms with van der Waals surface area (Å²) in [6, 6.07) is 13.9. The van der Waals surface area contributed by atoms with Gasteiger partial charge in [-0.05, 0) is 43.7 Å². The van der Waals surface area contributed by atoms with Gasteiger partial charge < -0.3 is 20.1 Å². The van der Waals surface area contributed by atoms with Crippen LogP contribution in [-0.2, 0) is 6.54 Å². The van der Waals surface area contributed by atoms with Crippen LogP contribution in [0.5, 0.6) is 11.5 Å². The number of aromatic amines is 1. The molecule has 11 heteroatoms. The van der Waals surface area contributed by atoms with Gasteiger partial charge in [-0.2, -0.15) is 5.10 Å². The van der Waals surface area contributed by atoms with Crippen LogP contribution in [0.4, 0.5) is 5.69 Å². The monoisotopic (exact) mass is 568 g/mol. The van der Waals surface area contributed by atoms with Crippen molar-refractivity contribution in [2.45, 2.75) is 32.5 Å². The summed E-state index contributed by atoms with van der Waals surface area (Å²) in [5.41, 5.74) is 3.43. The van der Waals surface area contributed by atoms with Crippen LogP contribution in [-0.4, -0.2) is 65.4 Å². The van der Waals surface area contributed by atoms with E-state index in [0.29, 0.717) is 67.3 Å². The van der Waals surface area contributed by atoms with Crippen LogP contribution in [0.3, 0.4) is 0 Å². The lowest BCUT2D eigenvalue weighted by Crippen LogP contribution is -2.53. The Morgan fingerprint density at radius 3 is 2.41 bits per heavy atom. The SMILES string of the molecule is COc1cc(OC)c(Cl)c(-c2ccc3c(C(=O)Nc4cccc(CN5C[C@@H](C)N[C@@H](C)C5)c4)[nH]nc3n2)c1Cl. The molecule has 1 amide bonds. The summed E-state index contributed by atoms with van der Waals surface area (Å²) in [6.45, 7) is 7.18. The maximum atomic E-state index is 13.2. The number of hydrogen-bond acceptors (Lipinski definition) is 7. The number of halogens is 2. The van der Waals surface area contributed by atoms with Gasteiger partial charge >= 0.3 is 0 Å². The van der Waals surface area contributed by atoms with Crippen molar-refractivity contribution >= 4 is 45.8 Å². The lowest BCUT2D eigenvalue weighted by Gasteiger charge is -2.36. The third kappa shape index (κ3) is 5.67. The van der Waals surface area contributed by atoms with Crippen molar-refractivity contribution in [2.75, 3.05) is 32.6 Å². The van der Waals surface area contributed by atoms with Crippen LogP contribution in [0.1, 0.15) is 29.9 Å². The van der Waals surface area contributed by atoms with Gasteiger partial charge in [-0.25, -0.2) is 4.98 Å². The molecule has 0 spiro atoms. The number of ether oxygens (including phenoxy) is 2. The van der Waals surface area contributed by atoms with E-state index in [-0.39, 0.29) is 5.91 Å². The third-order valence-electron chi connectivity index (χ3n) is 6.70. The van der Waals surface area contributed by atoms with Crippen LogP contribution in [0.25, 0.3) is 22.3 Å². The van der Waals surface area contributed by atoms with E-state index in [2.05, 4.69) is 50.6 Å². The number of aromatic nitrogens is 3. The number of anilines is 1. The number of methoxy groups -OCH3 is 2. The molecule has 5 rings (SSSR count). The number of carbonyl (C=O) groups is 1. The van der Waals surface area contributed by atoms with E-state index in [4.69, 9.17) is 32.7 Å². The van der Waals surface area contributed by atoms with Gasteiger partial charge in [-0.1, -0.05) is 35.3 Å². The summed E-state index contributed by atoms with van der Waals surface area (Å²) in [5.74, 6) is 0.493. The summed E-state index contributed by atoms with van der Waals surface area (Å²) < 4.78 is 10.7. The van der Waals surface area contributed by atoms with Crippen molar-refractivity contribution in [3.8, 4) is 22.8 Å². The normalized spacial score (nSPS) is 17.8. The Morgan fingerprint density at radius 2 is 1.74 bits per heavy atom. The molecule has 0 aliphatic carbocycles. The highest BCUT2D eigenvalue weighted by atomic mass is 35.5. The number of fused-ring (bicyclic) bond motifs is 1. The molecule has 3 heterocycles. The first-order valence-electron chi connectivity index (χ1n) is 12.6. The first kappa shape index (κ1) is 27.2. The summed E-state index contributed by atoms with van der Waals surface area (Å²) in [7, 11) is 3.02. The van der Waals surface area contributed by atoms with Gasteiger partial charge in [0, 0.05) is 49.0 Å². The number of benzene rings is 2. The second kappa shape index (κ2) is 11.4. The summed E-state index contributed by atoms with van der Waals surface area (Å²) in [5, 5.41) is 14.8. The Labute approximate surface area is 236 Å². The van der Waals surface area contributed by atoms with Gasteiger partial charge in [-0.15, -0.1) is 0 Å². The number of amides is 1. The number of H-pyrrole nitrogens is 1. The van der Waals surface area contributed by atoms with Crippen molar-refractivity contribution in [1.82, 2.24) is 25.4 Å². The molecule has 0 bridgehead atoms. The number of hydrogen-bond donors (Lipinski definition) is 3. The molecule has 1 aliphatic heterocycles. The van der Waals surface area contributed by atoms with Crippen LogP contribution in [0.15, 0.2) is 42.5 Å². The Kier molecular flexibility index (Phi) is 7.95. The first-order chi connectivity index (χ1) is 18.8. The molecule has 2 aromatic heterocycles. The molecule has 4 aromatic rings. The molecular formula is C28H30Cl2N6O3. The Bertz CT molecular complexity index is 1490. The van der Waals surface area contributed by atoms with Crippen molar-refractivity contribution in [1.29, 1.82) is 0 Å². The maximum Gasteiger partial charge on any atom is 0.274 e. The van der Waals surface area contributed by atoms with E-state index >= 15 is 0 Å². The molecule has 2 aromatic carbocycles. The zero-order chi connectivity index (χ0) is 27.7. The van der Waals surface area contributed by atoms with Crippen LogP contribution < -0.4 is 20.1 Å². The third-order valence-corrected chi connectivity index (χ3v) is 7.45. The van der Waals surface area contributed by atoms with Gasteiger partial charge in [0.05, 0.1) is 35.3 Å². The topological polar surface area (TPSA) is 104 Å². The first-order valence-corrected chi connectivity index (χ1v) is 13.4. The van der Waals surface area contributed by atoms with E-state index in [0.717, 1.165) is 25.2 Å². The molecule has 204 valence electrons. The Hall–Kier alpha value is -3.37. The zero-order valence-electron chi connectivity index (χ0n) is 22.1. The van der Waals surface area contributed by atoms with Gasteiger partial charge in [0.25, 0.3) is 5.91 Å². The molecule has 2 atom stereocenters. The summed E-state index contributed by atoms with van der Waals surface area (Å²) in [4.78, 5) is 20.2. The minimum atomic E-state index is -0.312. The highest BCUT2D eigenvalue weighted by Gasteiger charge is 2.23. The molecule has 1 fully saturated rings. The number of carbonyl (C=O) groups excluding carboxylic acids is 1. The molecule has 1 saturated heterocycles. The second-order valence-corrected chi connectivity index (χ2v) is 10.5. The maximum absolute atomic E-state index is 13.2. The van der Waals surface area contributed by atoms with E-state index in [1.165, 1.54) is 14.2 Å².